The third-order valence-corrected chi connectivity index (χ3v) is 12.6. The molecule has 4 aliphatic rings. The van der Waals surface area contributed by atoms with E-state index in [0.717, 1.165) is 60.7 Å². The molecule has 0 saturated heterocycles. The van der Waals surface area contributed by atoms with Crippen molar-refractivity contribution in [2.45, 2.75) is 85.0 Å². The number of carbonyl (C=O) groups excluding carboxylic acids is 2. The number of hydrogen-bond donors (Lipinski definition) is 2. The summed E-state index contributed by atoms with van der Waals surface area (Å²) in [6, 6.07) is 14.4. The first-order valence-corrected chi connectivity index (χ1v) is 16.7. The van der Waals surface area contributed by atoms with Crippen LogP contribution in [0.25, 0.3) is 10.8 Å². The molecule has 7 heteroatoms. The summed E-state index contributed by atoms with van der Waals surface area (Å²) in [4.78, 5) is 25.8. The van der Waals surface area contributed by atoms with E-state index in [1.54, 1.807) is 0 Å². The number of benzene rings is 2. The molecule has 0 amide bonds. The van der Waals surface area contributed by atoms with Crippen molar-refractivity contribution in [3.63, 3.8) is 0 Å². The Labute approximate surface area is 261 Å². The van der Waals surface area contributed by atoms with Gasteiger partial charge in [0.15, 0.2) is 5.11 Å². The third kappa shape index (κ3) is 5.51. The Morgan fingerprint density at radius 3 is 2.63 bits per heavy atom. The lowest BCUT2D eigenvalue weighted by Gasteiger charge is -2.60. The van der Waals surface area contributed by atoms with Crippen molar-refractivity contribution in [3.8, 4) is 0 Å². The van der Waals surface area contributed by atoms with Crippen molar-refractivity contribution in [1.82, 2.24) is 5.43 Å². The minimum Gasteiger partial charge on any atom is -0.469 e. The molecule has 2 aromatic carbocycles. The van der Waals surface area contributed by atoms with Gasteiger partial charge >= 0.3 is 5.97 Å². The van der Waals surface area contributed by atoms with Gasteiger partial charge in [-0.15, -0.1) is 0 Å². The van der Waals surface area contributed by atoms with Crippen LogP contribution in [0.15, 0.2) is 47.6 Å². The summed E-state index contributed by atoms with van der Waals surface area (Å²) in [7, 11) is 1.47. The highest BCUT2D eigenvalue weighted by molar-refractivity contribution is 7.80. The first-order chi connectivity index (χ1) is 20.6. The molecule has 43 heavy (non-hydrogen) atoms. The maximum absolute atomic E-state index is 14.0. The molecule has 4 aliphatic carbocycles. The lowest BCUT2D eigenvalue weighted by atomic mass is 9.44. The number of esters is 1. The number of Topliss-reactive ketones (excluding diaryl/α,β-unsaturated/α-hetero) is 1. The van der Waals surface area contributed by atoms with E-state index in [1.807, 2.05) is 24.3 Å². The highest BCUT2D eigenvalue weighted by atomic mass is 32.1. The van der Waals surface area contributed by atoms with Crippen molar-refractivity contribution in [2.24, 2.45) is 51.4 Å². The van der Waals surface area contributed by atoms with Crippen LogP contribution in [0.2, 0.25) is 0 Å². The summed E-state index contributed by atoms with van der Waals surface area (Å²) in [6.45, 7) is 7.26. The van der Waals surface area contributed by atoms with Gasteiger partial charge in [0.1, 0.15) is 5.78 Å². The fraction of sp³-hybridized carbons (Fsp3) is 0.611. The molecule has 2 N–H and O–H groups in total. The molecule has 0 heterocycles. The van der Waals surface area contributed by atoms with Crippen LogP contribution in [0.3, 0.4) is 0 Å². The second-order valence-corrected chi connectivity index (χ2v) is 14.8. The highest BCUT2D eigenvalue weighted by Gasteiger charge is 2.62. The van der Waals surface area contributed by atoms with Gasteiger partial charge in [0.05, 0.1) is 7.11 Å². The number of anilines is 1. The van der Waals surface area contributed by atoms with Gasteiger partial charge in [0.2, 0.25) is 0 Å². The standard InChI is InChI=1S/C36H47N3O3S/c1-22(12-15-32(41)42-4)27-13-14-28-33-29(17-19-36(27,28)3)35(2)18-16-25(20-24(35)21-31(33)40)38-39-34(43)37-30-11-7-9-23-8-5-6-10-26(23)30/h5-11,22,24,27-29,33H,12-21H2,1-4H3,(H2,37,39,43)/b38-25+/t22-,24+,27-,28+,29+,33+,35+,36-/m1/s1. The van der Waals surface area contributed by atoms with E-state index in [4.69, 9.17) is 22.1 Å². The number of nitrogens with one attached hydrogen (secondary N) is 2. The Morgan fingerprint density at radius 2 is 1.81 bits per heavy atom. The number of ether oxygens (including phenoxy) is 1. The zero-order valence-corrected chi connectivity index (χ0v) is 27.0. The van der Waals surface area contributed by atoms with Gasteiger partial charge in [-0.1, -0.05) is 57.2 Å². The normalized spacial score (nSPS) is 35.0. The Balaban J connectivity index is 1.11. The Morgan fingerprint density at radius 1 is 1.05 bits per heavy atom. The lowest BCUT2D eigenvalue weighted by Crippen LogP contribution is -2.57. The first kappa shape index (κ1) is 30.2. The maximum Gasteiger partial charge on any atom is 0.305 e. The fourth-order valence-corrected chi connectivity index (χ4v) is 10.2. The average molecular weight is 602 g/mol. The smallest absolute Gasteiger partial charge is 0.305 e. The van der Waals surface area contributed by atoms with Gasteiger partial charge in [-0.05, 0) is 115 Å². The van der Waals surface area contributed by atoms with E-state index in [2.05, 4.69) is 49.7 Å². The molecule has 0 radical (unpaired) electrons. The van der Waals surface area contributed by atoms with E-state index in [0.29, 0.717) is 53.3 Å². The van der Waals surface area contributed by atoms with Crippen molar-refractivity contribution >= 4 is 51.3 Å². The van der Waals surface area contributed by atoms with E-state index >= 15 is 0 Å². The van der Waals surface area contributed by atoms with Crippen molar-refractivity contribution < 1.29 is 14.3 Å². The van der Waals surface area contributed by atoms with Gasteiger partial charge < -0.3 is 10.1 Å². The average Bonchev–Trinajstić information content (AvgIpc) is 3.36. The quantitative estimate of drug-likeness (QED) is 0.199. The largest absolute Gasteiger partial charge is 0.469 e. The molecule has 4 saturated carbocycles. The highest BCUT2D eigenvalue weighted by Crippen LogP contribution is 2.67. The van der Waals surface area contributed by atoms with E-state index in [9.17, 15) is 9.59 Å². The van der Waals surface area contributed by atoms with Crippen LogP contribution < -0.4 is 10.7 Å². The van der Waals surface area contributed by atoms with Crippen LogP contribution in [-0.4, -0.2) is 29.7 Å². The summed E-state index contributed by atoms with van der Waals surface area (Å²) in [5, 5.41) is 10.9. The molecule has 0 aliphatic heterocycles. The lowest BCUT2D eigenvalue weighted by molar-refractivity contribution is -0.153. The fourth-order valence-electron chi connectivity index (χ4n) is 10.1. The number of hydrogen-bond acceptors (Lipinski definition) is 5. The molecule has 4 fully saturated rings. The van der Waals surface area contributed by atoms with Gasteiger partial charge in [0, 0.05) is 35.5 Å². The van der Waals surface area contributed by atoms with Crippen LogP contribution in [0.4, 0.5) is 5.69 Å². The number of rotatable bonds is 6. The second kappa shape index (κ2) is 11.9. The van der Waals surface area contributed by atoms with Crippen LogP contribution >= 0.6 is 12.2 Å². The SMILES string of the molecule is COC(=O)CC[C@@H](C)[C@H]1CC[C@H]2[C@@H]3C(=O)C[C@@H]4C/C(=N/NC(=S)Nc5cccc6ccccc56)CC[C@]4(C)[C@H]3CC[C@]12C. The topological polar surface area (TPSA) is 79.8 Å². The summed E-state index contributed by atoms with van der Waals surface area (Å²) in [6.07, 6.45) is 9.58. The number of fused-ring (bicyclic) bond motifs is 6. The van der Waals surface area contributed by atoms with Gasteiger partial charge in [-0.25, -0.2) is 0 Å². The molecular weight excluding hydrogens is 554 g/mol. The minimum absolute atomic E-state index is 0.116. The second-order valence-electron chi connectivity index (χ2n) is 14.4. The molecule has 6 nitrogen and oxygen atoms in total. The van der Waals surface area contributed by atoms with E-state index < -0.39 is 0 Å². The molecule has 0 aromatic heterocycles. The zero-order chi connectivity index (χ0) is 30.4. The van der Waals surface area contributed by atoms with Gasteiger partial charge in [-0.2, -0.15) is 5.10 Å². The van der Waals surface area contributed by atoms with Crippen molar-refractivity contribution in [2.75, 3.05) is 12.4 Å². The van der Waals surface area contributed by atoms with Crippen LogP contribution in [0, 0.1) is 46.3 Å². The van der Waals surface area contributed by atoms with Crippen molar-refractivity contribution in [3.05, 3.63) is 42.5 Å². The molecule has 0 unspecified atom stereocenters. The monoisotopic (exact) mass is 601 g/mol. The predicted octanol–water partition coefficient (Wildman–Crippen LogP) is 7.91. The number of ketones is 1. The zero-order valence-electron chi connectivity index (χ0n) is 26.2. The summed E-state index contributed by atoms with van der Waals surface area (Å²) >= 11 is 5.61. The first-order valence-electron chi connectivity index (χ1n) is 16.3. The van der Waals surface area contributed by atoms with E-state index in [1.165, 1.54) is 20.0 Å². The molecule has 8 atom stereocenters. The summed E-state index contributed by atoms with van der Waals surface area (Å²) in [5.41, 5.74) is 5.56. The predicted molar refractivity (Wildman–Crippen MR) is 177 cm³/mol. The molecule has 2 aromatic rings. The van der Waals surface area contributed by atoms with Crippen LogP contribution in [-0.2, 0) is 14.3 Å². The molecule has 0 spiro atoms. The molecule has 0 bridgehead atoms. The van der Waals surface area contributed by atoms with E-state index in [-0.39, 0.29) is 22.7 Å². The number of methoxy groups -OCH3 is 1. The van der Waals surface area contributed by atoms with Crippen LogP contribution in [0.1, 0.15) is 85.0 Å². The summed E-state index contributed by atoms with van der Waals surface area (Å²) < 4.78 is 4.91. The number of carbonyl (C=O) groups is 2. The maximum atomic E-state index is 14.0. The van der Waals surface area contributed by atoms with Gasteiger partial charge in [0.25, 0.3) is 0 Å². The third-order valence-electron chi connectivity index (χ3n) is 12.4. The Hall–Kier alpha value is -2.80. The Kier molecular flexibility index (Phi) is 8.40. The molecule has 6 rings (SSSR count). The molecular formula is C36H47N3O3S. The summed E-state index contributed by atoms with van der Waals surface area (Å²) in [5.74, 6) is 2.88. The number of thiocarbonyl (C=S) groups is 1. The van der Waals surface area contributed by atoms with Crippen LogP contribution in [0.5, 0.6) is 0 Å². The molecule has 230 valence electrons. The minimum atomic E-state index is -0.116. The number of hydrazone groups is 1. The Bertz CT molecular complexity index is 1430. The number of nitrogens with zero attached hydrogens (tertiary/aromatic N) is 1. The van der Waals surface area contributed by atoms with Gasteiger partial charge in [-0.3, -0.25) is 15.0 Å². The van der Waals surface area contributed by atoms with Crippen molar-refractivity contribution in [1.29, 1.82) is 0 Å².